The van der Waals surface area contributed by atoms with E-state index in [4.69, 9.17) is 10.3 Å². The minimum atomic E-state index is -0.264. The Morgan fingerprint density at radius 2 is 1.47 bits per heavy atom. The molecule has 4 N–H and O–H groups in total. The molecule has 18 heteroatoms. The lowest BCUT2D eigenvalue weighted by molar-refractivity contribution is -0.135. The Kier molecular flexibility index (Phi) is 25.7. The number of piperazine rings is 1. The molecule has 7 aliphatic heterocycles. The number of hydrogen-bond donors (Lipinski definition) is 3. The van der Waals surface area contributed by atoms with E-state index >= 15 is 0 Å². The van der Waals surface area contributed by atoms with Gasteiger partial charge in [0.2, 0.25) is 12.3 Å². The van der Waals surface area contributed by atoms with Crippen LogP contribution in [0, 0.1) is 35.5 Å². The summed E-state index contributed by atoms with van der Waals surface area (Å²) in [5, 5.41) is 26.4. The van der Waals surface area contributed by atoms with E-state index in [9.17, 15) is 14.7 Å². The van der Waals surface area contributed by atoms with Crippen LogP contribution in [0.1, 0.15) is 195 Å². The van der Waals surface area contributed by atoms with Gasteiger partial charge in [-0.3, -0.25) is 14.5 Å². The molecule has 2 amide bonds. The second-order valence-electron chi connectivity index (χ2n) is 29.0. The lowest BCUT2D eigenvalue weighted by Crippen LogP contribution is -2.59. The van der Waals surface area contributed by atoms with Crippen molar-refractivity contribution in [3.63, 3.8) is 0 Å². The number of piperidine rings is 4. The molecule has 8 aliphatic rings. The standard InChI is InChI=1S/C49H72N10O3.C13H14N2OS.C9H19N.2C2H6/c1-33(2)46(48(61)58-19-6-8-34(58)3)44-25-45(53-62-44)55-20-14-35(15-21-55)28-54-22-16-49(17-23-54)26-39(27-49)56-18-7-9-36(29-56)30-59-37-12-13-38(59)32-57(31-37)42-24-41(51-52-47(42)50)40-10-4-5-11-43(40)60;1-9(14-7-16)11-3-5-12(6-4-11)13-10(2)15-8-17-13;1-4-9(2)5-7-10(3)8-6-9;2*1-2/h4-5,10-11,24-25,33-39,46,60H,6-9,12-23,26-32H2,1-3H3,(H2,50,52);3-9H,1-2H3,(H,14,16);4-8H2,1-3H3;2*1-2H3. The van der Waals surface area contributed by atoms with E-state index in [0.29, 0.717) is 46.0 Å². The molecule has 10 heterocycles. The van der Waals surface area contributed by atoms with Crippen molar-refractivity contribution in [1.82, 2.24) is 50.2 Å². The molecule has 93 heavy (non-hydrogen) atoms. The van der Waals surface area contributed by atoms with Crippen LogP contribution in [0.2, 0.25) is 0 Å². The molecular weight excluding hydrogens is 1180 g/mol. The number of nitrogens with one attached hydrogen (secondary N) is 1. The number of aryl methyl sites for hydroxylation is 1. The SMILES string of the molecule is CC.CC.CC(C)C(C(=O)N1CCCC1C)c1cc(N2CCC(CN3CCC4(CC3)CC(N3CCCC(CN5C6CCC5CN(c5cc(-c7ccccc7O)nnc5N)C6)C3)C4)CC2)no1.CCC1(C)CCN(C)CC1.Cc1ncsc1-c1ccc(C(C)NC=O)cc1. The van der Waals surface area contributed by atoms with Crippen LogP contribution in [0.3, 0.4) is 0 Å². The Bertz CT molecular complexity index is 3070. The van der Waals surface area contributed by atoms with Gasteiger partial charge >= 0.3 is 0 Å². The number of aromatic nitrogens is 4. The molecular formula is C75H117N13O4S. The molecule has 8 fully saturated rings. The molecule has 3 aromatic heterocycles. The van der Waals surface area contributed by atoms with Crippen LogP contribution in [-0.2, 0) is 9.59 Å². The molecule has 17 nitrogen and oxygen atoms in total. The summed E-state index contributed by atoms with van der Waals surface area (Å²) in [5.74, 6) is 3.91. The highest BCUT2D eigenvalue weighted by atomic mass is 32.1. The van der Waals surface area contributed by atoms with Crippen LogP contribution in [0.5, 0.6) is 5.75 Å². The number of benzene rings is 2. The van der Waals surface area contributed by atoms with Crippen LogP contribution >= 0.6 is 11.3 Å². The molecule has 5 aromatic rings. The highest BCUT2D eigenvalue weighted by molar-refractivity contribution is 7.13. The van der Waals surface area contributed by atoms with Gasteiger partial charge in [0.05, 0.1) is 33.5 Å². The molecule has 7 saturated heterocycles. The van der Waals surface area contributed by atoms with E-state index in [0.717, 1.165) is 98.4 Å². The van der Waals surface area contributed by atoms with Crippen LogP contribution in [0.25, 0.3) is 21.7 Å². The molecule has 1 spiro atoms. The summed E-state index contributed by atoms with van der Waals surface area (Å²) in [5.41, 5.74) is 15.1. The largest absolute Gasteiger partial charge is 0.507 e. The monoisotopic (exact) mass is 1300 g/mol. The first-order valence-electron chi connectivity index (χ1n) is 36.3. The average Bonchev–Trinajstić information content (AvgIpc) is 1.78. The Morgan fingerprint density at radius 3 is 2.09 bits per heavy atom. The molecule has 1 aliphatic carbocycles. The number of likely N-dealkylation sites (tertiary alicyclic amines) is 4. The second-order valence-corrected chi connectivity index (χ2v) is 29.8. The first-order valence-corrected chi connectivity index (χ1v) is 37.2. The number of nitrogens with zero attached hydrogens (tertiary/aromatic N) is 11. The number of phenols is 1. The molecule has 1 saturated carbocycles. The summed E-state index contributed by atoms with van der Waals surface area (Å²) in [6.45, 7) is 38.0. The van der Waals surface area contributed by atoms with E-state index < -0.39 is 0 Å². The van der Waals surface area contributed by atoms with Gasteiger partial charge in [-0.25, -0.2) is 4.98 Å². The summed E-state index contributed by atoms with van der Waals surface area (Å²) in [6, 6.07) is 21.8. The van der Waals surface area contributed by atoms with Crippen molar-refractivity contribution >= 4 is 41.0 Å². The van der Waals surface area contributed by atoms with Gasteiger partial charge < -0.3 is 50.1 Å². The van der Waals surface area contributed by atoms with Gasteiger partial charge in [-0.15, -0.1) is 21.5 Å². The van der Waals surface area contributed by atoms with Crippen molar-refractivity contribution < 1.29 is 19.2 Å². The van der Waals surface area contributed by atoms with Crippen LogP contribution in [0.4, 0.5) is 17.3 Å². The van der Waals surface area contributed by atoms with Crippen LogP contribution in [-0.4, -0.2) is 179 Å². The van der Waals surface area contributed by atoms with E-state index in [2.05, 4.69) is 120 Å². The quantitative estimate of drug-likeness (QED) is 0.0794. The number of carbonyl (C=O) groups excluding carboxylic acids is 2. The number of anilines is 3. The average molecular weight is 1300 g/mol. The first kappa shape index (κ1) is 71.6. The third-order valence-corrected chi connectivity index (χ3v) is 23.6. The molecule has 6 atom stereocenters. The molecule has 13 rings (SSSR count). The van der Waals surface area contributed by atoms with Gasteiger partial charge in [-0.05, 0) is 208 Å². The zero-order valence-electron chi connectivity index (χ0n) is 59.0. The topological polar surface area (TPSA) is 180 Å². The molecule has 0 radical (unpaired) electrons. The fourth-order valence-electron chi connectivity index (χ4n) is 16.3. The van der Waals surface area contributed by atoms with Crippen LogP contribution < -0.4 is 20.9 Å². The second kappa shape index (κ2) is 33.3. The van der Waals surface area contributed by atoms with Gasteiger partial charge in [0.15, 0.2) is 17.4 Å². The molecule has 2 aromatic carbocycles. The maximum atomic E-state index is 13.6. The van der Waals surface area contributed by atoms with Crippen molar-refractivity contribution in [2.75, 3.05) is 108 Å². The van der Waals surface area contributed by atoms with Crippen LogP contribution in [0.15, 0.2) is 70.7 Å². The smallest absolute Gasteiger partial charge is 0.233 e. The number of thiazole rings is 1. The predicted molar refractivity (Wildman–Crippen MR) is 382 cm³/mol. The Hall–Kier alpha value is -5.66. The number of nitrogen functional groups attached to an aromatic ring is 1. The molecule has 6 unspecified atom stereocenters. The van der Waals surface area contributed by atoms with E-state index in [1.807, 2.05) is 83.5 Å². The number of amides is 2. The van der Waals surface area contributed by atoms with Crippen molar-refractivity contribution in [1.29, 1.82) is 0 Å². The van der Waals surface area contributed by atoms with Gasteiger partial charge in [0.1, 0.15) is 11.7 Å². The van der Waals surface area contributed by atoms with Gasteiger partial charge in [-0.1, -0.05) is 103 Å². The summed E-state index contributed by atoms with van der Waals surface area (Å²) in [6.07, 6.45) is 20.1. The first-order chi connectivity index (χ1) is 45.0. The van der Waals surface area contributed by atoms with E-state index in [-0.39, 0.29) is 29.5 Å². The summed E-state index contributed by atoms with van der Waals surface area (Å²) in [4.78, 5) is 47.2. The maximum absolute atomic E-state index is 13.6. The van der Waals surface area contributed by atoms with Crippen molar-refractivity contribution in [2.45, 2.75) is 209 Å². The highest BCUT2D eigenvalue weighted by Crippen LogP contribution is 2.52. The summed E-state index contributed by atoms with van der Waals surface area (Å²) >= 11 is 1.64. The number of aromatic hydroxyl groups is 1. The fraction of sp³-hybridized carbons (Fsp3) is 0.680. The highest BCUT2D eigenvalue weighted by Gasteiger charge is 2.49. The van der Waals surface area contributed by atoms with E-state index in [1.54, 1.807) is 17.4 Å². The third-order valence-electron chi connectivity index (χ3n) is 22.6. The fourth-order valence-corrected chi connectivity index (χ4v) is 17.1. The van der Waals surface area contributed by atoms with Crippen molar-refractivity contribution in [3.05, 3.63) is 83.2 Å². The minimum Gasteiger partial charge on any atom is -0.507 e. The molecule has 512 valence electrons. The zero-order valence-corrected chi connectivity index (χ0v) is 59.8. The van der Waals surface area contributed by atoms with Gasteiger partial charge in [-0.2, -0.15) is 0 Å². The number of hydrogen-bond acceptors (Lipinski definition) is 16. The van der Waals surface area contributed by atoms with Crippen molar-refractivity contribution in [2.24, 2.45) is 28.6 Å². The lowest BCUT2D eigenvalue weighted by atomic mass is 9.59. The number of rotatable bonds is 16. The Labute approximate surface area is 563 Å². The van der Waals surface area contributed by atoms with E-state index in [1.165, 1.54) is 146 Å². The van der Waals surface area contributed by atoms with Gasteiger partial charge in [0, 0.05) is 88.2 Å². The summed E-state index contributed by atoms with van der Waals surface area (Å²) in [7, 11) is 2.22. The number of nitrogens with two attached hydrogens (primary N) is 1. The number of para-hydroxylation sites is 1. The number of phenolic OH excluding ortho intramolecular Hbond substituents is 1. The maximum Gasteiger partial charge on any atom is 0.233 e. The molecule has 2 bridgehead atoms. The summed E-state index contributed by atoms with van der Waals surface area (Å²) < 4.78 is 5.90. The zero-order chi connectivity index (χ0) is 66.4. The Morgan fingerprint density at radius 1 is 0.796 bits per heavy atom. The third kappa shape index (κ3) is 17.7. The minimum absolute atomic E-state index is 0.0455. The number of fused-ring (bicyclic) bond motifs is 2. The lowest BCUT2D eigenvalue weighted by Gasteiger charge is -2.57. The predicted octanol–water partition coefficient (Wildman–Crippen LogP) is 13.8. The Balaban J connectivity index is 0.000000270. The number of carbonyl (C=O) groups is 2. The normalized spacial score (nSPS) is 24.1. The van der Waals surface area contributed by atoms with Crippen molar-refractivity contribution in [3.8, 4) is 27.4 Å². The van der Waals surface area contributed by atoms with Gasteiger partial charge in [0.25, 0.3) is 0 Å².